The van der Waals surface area contributed by atoms with Crippen LogP contribution in [0, 0.1) is 0 Å². The van der Waals surface area contributed by atoms with Crippen molar-refractivity contribution in [3.8, 4) is 0 Å². The van der Waals surface area contributed by atoms with E-state index in [-0.39, 0.29) is 21.2 Å². The zero-order chi connectivity index (χ0) is 19.8. The van der Waals surface area contributed by atoms with Gasteiger partial charge in [-0.15, -0.1) is 0 Å². The van der Waals surface area contributed by atoms with E-state index in [1.807, 2.05) is 0 Å². The largest absolute Gasteiger partial charge is 0.325 e. The van der Waals surface area contributed by atoms with Gasteiger partial charge in [-0.1, -0.05) is 29.4 Å². The number of thioether (sulfide) groups is 1. The van der Waals surface area contributed by atoms with Crippen LogP contribution in [0.4, 0.5) is 14.5 Å². The summed E-state index contributed by atoms with van der Waals surface area (Å²) in [5.74, 6) is -4.17. The lowest BCUT2D eigenvalue weighted by atomic mass is 10.2. The molecule has 2 aromatic rings. The van der Waals surface area contributed by atoms with Crippen LogP contribution in [0.1, 0.15) is 10.4 Å². The van der Waals surface area contributed by atoms with Crippen molar-refractivity contribution in [1.29, 1.82) is 0 Å². The van der Waals surface area contributed by atoms with Gasteiger partial charge in [-0.3, -0.25) is 9.59 Å². The first-order chi connectivity index (χ1) is 12.7. The van der Waals surface area contributed by atoms with Crippen molar-refractivity contribution in [2.24, 2.45) is 0 Å². The molecule has 1 heterocycles. The molecule has 2 aromatic carbocycles. The number of hydrogen-bond donors (Lipinski definition) is 1. The highest BCUT2D eigenvalue weighted by atomic mass is 35.5. The predicted octanol–water partition coefficient (Wildman–Crippen LogP) is 3.44. The van der Waals surface area contributed by atoms with Gasteiger partial charge >= 0.3 is 0 Å². The van der Waals surface area contributed by atoms with E-state index < -0.39 is 34.1 Å². The summed E-state index contributed by atoms with van der Waals surface area (Å²) in [6.45, 7) is -0.736. The molecule has 0 saturated heterocycles. The van der Waals surface area contributed by atoms with E-state index in [2.05, 4.69) is 5.32 Å². The monoisotopic (exact) mass is 432 g/mol. The molecule has 1 aliphatic rings. The third-order valence-corrected chi connectivity index (χ3v) is 6.60. The lowest BCUT2D eigenvalue weighted by Crippen LogP contribution is -2.37. The van der Waals surface area contributed by atoms with E-state index in [0.717, 1.165) is 0 Å². The summed E-state index contributed by atoms with van der Waals surface area (Å²) < 4.78 is 50.1. The average Bonchev–Trinajstić information content (AvgIpc) is 2.78. The maximum absolute atomic E-state index is 12.5. The molecule has 6 nitrogen and oxygen atoms in total. The lowest BCUT2D eigenvalue weighted by molar-refractivity contribution is -0.116. The number of fused-ring (bicyclic) bond motifs is 1. The molecule has 142 valence electrons. The Labute approximate surface area is 162 Å². The number of anilines is 1. The summed E-state index contributed by atoms with van der Waals surface area (Å²) in [6, 6.07) is 9.67. The number of carbonyl (C=O) groups is 2. The number of hydrogen-bond acceptors (Lipinski definition) is 5. The Bertz CT molecular complexity index is 1010. The summed E-state index contributed by atoms with van der Waals surface area (Å²) in [4.78, 5) is 24.5. The van der Waals surface area contributed by atoms with Crippen LogP contribution in [-0.4, -0.2) is 36.8 Å². The Balaban J connectivity index is 1.73. The van der Waals surface area contributed by atoms with Crippen LogP contribution in [0.5, 0.6) is 0 Å². The van der Waals surface area contributed by atoms with E-state index in [1.54, 1.807) is 0 Å². The van der Waals surface area contributed by atoms with Crippen molar-refractivity contribution in [2.75, 3.05) is 11.9 Å². The molecule has 1 N–H and O–H groups in total. The zero-order valence-corrected chi connectivity index (χ0v) is 15.7. The standard InChI is InChI=1S/C16H11ClF2N2O4S2/c17-12-3-1-2-11-14(12)27(24,25)21(15(11)23)8-13(22)20-9-4-6-10(7-5-9)26-16(18)19/h1-7,16H,8H2,(H,20,22). The minimum atomic E-state index is -4.23. The van der Waals surface area contributed by atoms with Gasteiger partial charge in [0.1, 0.15) is 11.4 Å². The van der Waals surface area contributed by atoms with Crippen LogP contribution in [0.2, 0.25) is 5.02 Å². The minimum Gasteiger partial charge on any atom is -0.325 e. The SMILES string of the molecule is O=C(CN1C(=O)c2cccc(Cl)c2S1(=O)=O)Nc1ccc(SC(F)F)cc1. The molecule has 0 saturated carbocycles. The van der Waals surface area contributed by atoms with Crippen LogP contribution in [0.15, 0.2) is 52.3 Å². The number of nitrogens with zero attached hydrogens (tertiary/aromatic N) is 1. The summed E-state index contributed by atoms with van der Waals surface area (Å²) >= 11 is 6.24. The summed E-state index contributed by atoms with van der Waals surface area (Å²) in [6.07, 6.45) is 0. The molecule has 0 atom stereocenters. The van der Waals surface area contributed by atoms with E-state index in [4.69, 9.17) is 11.6 Å². The average molecular weight is 433 g/mol. The van der Waals surface area contributed by atoms with Crippen molar-refractivity contribution in [3.63, 3.8) is 0 Å². The van der Waals surface area contributed by atoms with Crippen LogP contribution in [-0.2, 0) is 14.8 Å². The van der Waals surface area contributed by atoms with E-state index in [1.165, 1.54) is 42.5 Å². The molecule has 0 unspecified atom stereocenters. The Hall–Kier alpha value is -2.17. The van der Waals surface area contributed by atoms with Gasteiger partial charge in [-0.25, -0.2) is 12.7 Å². The van der Waals surface area contributed by atoms with Gasteiger partial charge in [0.2, 0.25) is 5.91 Å². The molecular weight excluding hydrogens is 422 g/mol. The Morgan fingerprint density at radius 1 is 1.19 bits per heavy atom. The summed E-state index contributed by atoms with van der Waals surface area (Å²) in [5, 5.41) is 2.32. The van der Waals surface area contributed by atoms with Crippen molar-refractivity contribution >= 4 is 50.9 Å². The highest BCUT2D eigenvalue weighted by molar-refractivity contribution is 7.99. The van der Waals surface area contributed by atoms with Gasteiger partial charge in [0, 0.05) is 10.6 Å². The maximum atomic E-state index is 12.5. The minimum absolute atomic E-state index is 0.0938. The van der Waals surface area contributed by atoms with Crippen molar-refractivity contribution in [1.82, 2.24) is 4.31 Å². The number of benzene rings is 2. The second kappa shape index (κ2) is 7.45. The van der Waals surface area contributed by atoms with Crippen molar-refractivity contribution in [3.05, 3.63) is 53.1 Å². The third kappa shape index (κ3) is 3.92. The van der Waals surface area contributed by atoms with Crippen molar-refractivity contribution in [2.45, 2.75) is 15.5 Å². The summed E-state index contributed by atoms with van der Waals surface area (Å²) in [7, 11) is -4.23. The van der Waals surface area contributed by atoms with E-state index in [0.29, 0.717) is 21.0 Å². The normalized spacial score (nSPS) is 15.1. The number of alkyl halides is 2. The summed E-state index contributed by atoms with van der Waals surface area (Å²) in [5.41, 5.74) is 0.182. The van der Waals surface area contributed by atoms with Gasteiger partial charge in [-0.05, 0) is 36.4 Å². The fourth-order valence-electron chi connectivity index (χ4n) is 2.50. The number of sulfonamides is 1. The lowest BCUT2D eigenvalue weighted by Gasteiger charge is -2.15. The smallest absolute Gasteiger partial charge is 0.288 e. The molecule has 27 heavy (non-hydrogen) atoms. The molecule has 0 aliphatic carbocycles. The first-order valence-electron chi connectivity index (χ1n) is 7.40. The quantitative estimate of drug-likeness (QED) is 0.732. The molecule has 0 aromatic heterocycles. The van der Waals surface area contributed by atoms with Gasteiger partial charge in [0.25, 0.3) is 21.7 Å². The first-order valence-corrected chi connectivity index (χ1v) is 10.1. The van der Waals surface area contributed by atoms with Gasteiger partial charge in [-0.2, -0.15) is 8.78 Å². The molecular formula is C16H11ClF2N2O4S2. The number of nitrogens with one attached hydrogen (secondary N) is 1. The fourth-order valence-corrected chi connectivity index (χ4v) is 5.04. The van der Waals surface area contributed by atoms with Gasteiger partial charge in [0.15, 0.2) is 0 Å². The molecule has 3 rings (SSSR count). The second-order valence-electron chi connectivity index (χ2n) is 5.38. The van der Waals surface area contributed by atoms with Crippen LogP contribution in [0.3, 0.4) is 0 Å². The van der Waals surface area contributed by atoms with Gasteiger partial charge in [0.05, 0.1) is 10.6 Å². The van der Waals surface area contributed by atoms with Crippen LogP contribution < -0.4 is 5.32 Å². The fraction of sp³-hybridized carbons (Fsp3) is 0.125. The first kappa shape index (κ1) is 19.6. The molecule has 2 amide bonds. The topological polar surface area (TPSA) is 83.6 Å². The number of amides is 2. The molecule has 0 bridgehead atoms. The number of halogens is 3. The predicted molar refractivity (Wildman–Crippen MR) is 96.6 cm³/mol. The maximum Gasteiger partial charge on any atom is 0.288 e. The highest BCUT2D eigenvalue weighted by Gasteiger charge is 2.43. The van der Waals surface area contributed by atoms with E-state index >= 15 is 0 Å². The molecule has 1 aliphatic heterocycles. The Kier molecular flexibility index (Phi) is 5.41. The van der Waals surface area contributed by atoms with E-state index in [9.17, 15) is 26.8 Å². The van der Waals surface area contributed by atoms with Crippen LogP contribution >= 0.6 is 23.4 Å². The Morgan fingerprint density at radius 3 is 2.44 bits per heavy atom. The van der Waals surface area contributed by atoms with Crippen molar-refractivity contribution < 1.29 is 26.8 Å². The molecule has 11 heteroatoms. The van der Waals surface area contributed by atoms with Gasteiger partial charge < -0.3 is 5.32 Å². The van der Waals surface area contributed by atoms with Crippen LogP contribution in [0.25, 0.3) is 0 Å². The molecule has 0 radical (unpaired) electrons. The molecule has 0 fully saturated rings. The molecule has 0 spiro atoms. The number of carbonyl (C=O) groups excluding carboxylic acids is 2. The number of rotatable bonds is 5. The third-order valence-electron chi connectivity index (χ3n) is 3.62. The Morgan fingerprint density at radius 2 is 1.85 bits per heavy atom. The second-order valence-corrected chi connectivity index (χ2v) is 8.65. The zero-order valence-electron chi connectivity index (χ0n) is 13.4. The highest BCUT2D eigenvalue weighted by Crippen LogP contribution is 2.35.